The minimum Gasteiger partial charge on any atom is -0.395 e. The van der Waals surface area contributed by atoms with Crippen LogP contribution in [0.15, 0.2) is 49.1 Å². The maximum atomic E-state index is 9.32. The quantitative estimate of drug-likeness (QED) is 0.756. The lowest BCUT2D eigenvalue weighted by Gasteiger charge is -2.21. The summed E-state index contributed by atoms with van der Waals surface area (Å²) in [6, 6.07) is 8.07. The van der Waals surface area contributed by atoms with Crippen LogP contribution < -0.4 is 0 Å². The summed E-state index contributed by atoms with van der Waals surface area (Å²) in [6.45, 7) is 4.32. The molecule has 3 aromatic heterocycles. The van der Waals surface area contributed by atoms with Crippen molar-refractivity contribution in [3.63, 3.8) is 0 Å². The SMILES string of the molecule is Cc1ccc2ncc(CN(CCO)Cc3cccnc3)n2c1. The van der Waals surface area contributed by atoms with Crippen molar-refractivity contribution >= 4 is 5.65 Å². The Kier molecular flexibility index (Phi) is 4.46. The van der Waals surface area contributed by atoms with Gasteiger partial charge in [-0.25, -0.2) is 4.98 Å². The summed E-state index contributed by atoms with van der Waals surface area (Å²) in [7, 11) is 0. The molecule has 0 fully saturated rings. The number of hydrogen-bond donors (Lipinski definition) is 1. The third kappa shape index (κ3) is 3.32. The third-order valence-corrected chi connectivity index (χ3v) is 3.66. The van der Waals surface area contributed by atoms with E-state index < -0.39 is 0 Å². The summed E-state index contributed by atoms with van der Waals surface area (Å²) in [6.07, 6.45) is 7.64. The number of aliphatic hydroxyl groups excluding tert-OH is 1. The molecule has 22 heavy (non-hydrogen) atoms. The maximum absolute atomic E-state index is 9.32. The van der Waals surface area contributed by atoms with Crippen molar-refractivity contribution in [2.75, 3.05) is 13.2 Å². The lowest BCUT2D eigenvalue weighted by molar-refractivity contribution is 0.182. The van der Waals surface area contributed by atoms with Crippen molar-refractivity contribution < 1.29 is 5.11 Å². The van der Waals surface area contributed by atoms with Gasteiger partial charge in [0.05, 0.1) is 18.5 Å². The zero-order chi connectivity index (χ0) is 15.4. The summed E-state index contributed by atoms with van der Waals surface area (Å²) in [5, 5.41) is 9.32. The number of rotatable bonds is 6. The molecule has 0 aliphatic carbocycles. The van der Waals surface area contributed by atoms with Gasteiger partial charge in [-0.2, -0.15) is 0 Å². The van der Waals surface area contributed by atoms with Crippen molar-refractivity contribution in [1.29, 1.82) is 0 Å². The van der Waals surface area contributed by atoms with Gasteiger partial charge < -0.3 is 9.51 Å². The molecule has 3 aromatic rings. The van der Waals surface area contributed by atoms with Crippen LogP contribution in [0.3, 0.4) is 0 Å². The Morgan fingerprint density at radius 3 is 2.86 bits per heavy atom. The molecule has 0 amide bonds. The molecule has 0 spiro atoms. The van der Waals surface area contributed by atoms with Gasteiger partial charge in [0, 0.05) is 38.2 Å². The average Bonchev–Trinajstić information content (AvgIpc) is 2.91. The molecule has 0 aromatic carbocycles. The van der Waals surface area contributed by atoms with E-state index in [0.717, 1.165) is 30.0 Å². The highest BCUT2D eigenvalue weighted by atomic mass is 16.3. The van der Waals surface area contributed by atoms with Crippen molar-refractivity contribution in [2.24, 2.45) is 0 Å². The number of aryl methyl sites for hydroxylation is 1. The zero-order valence-electron chi connectivity index (χ0n) is 12.7. The van der Waals surface area contributed by atoms with Gasteiger partial charge in [-0.05, 0) is 30.2 Å². The van der Waals surface area contributed by atoms with Crippen molar-refractivity contribution in [3.8, 4) is 0 Å². The number of aliphatic hydroxyl groups is 1. The van der Waals surface area contributed by atoms with Gasteiger partial charge in [0.1, 0.15) is 5.65 Å². The smallest absolute Gasteiger partial charge is 0.136 e. The van der Waals surface area contributed by atoms with E-state index in [-0.39, 0.29) is 6.61 Å². The first-order valence-corrected chi connectivity index (χ1v) is 7.41. The van der Waals surface area contributed by atoms with E-state index in [4.69, 9.17) is 0 Å². The Morgan fingerprint density at radius 1 is 1.18 bits per heavy atom. The Hall–Kier alpha value is -2.24. The molecule has 1 N–H and O–H groups in total. The van der Waals surface area contributed by atoms with E-state index in [1.807, 2.05) is 24.5 Å². The summed E-state index contributed by atoms with van der Waals surface area (Å²) in [4.78, 5) is 10.8. The normalized spacial score (nSPS) is 11.4. The van der Waals surface area contributed by atoms with E-state index >= 15 is 0 Å². The van der Waals surface area contributed by atoms with Crippen LogP contribution in [0.4, 0.5) is 0 Å². The second-order valence-electron chi connectivity index (χ2n) is 5.48. The monoisotopic (exact) mass is 296 g/mol. The van der Waals surface area contributed by atoms with Gasteiger partial charge in [-0.1, -0.05) is 12.1 Å². The first-order valence-electron chi connectivity index (χ1n) is 7.41. The Bertz CT molecular complexity index is 739. The molecule has 0 unspecified atom stereocenters. The minimum absolute atomic E-state index is 0.135. The molecule has 0 saturated heterocycles. The van der Waals surface area contributed by atoms with E-state index in [9.17, 15) is 5.11 Å². The van der Waals surface area contributed by atoms with E-state index in [0.29, 0.717) is 6.54 Å². The number of hydrogen-bond acceptors (Lipinski definition) is 4. The molecule has 0 aliphatic rings. The lowest BCUT2D eigenvalue weighted by atomic mass is 10.2. The lowest BCUT2D eigenvalue weighted by Crippen LogP contribution is -2.26. The van der Waals surface area contributed by atoms with Gasteiger partial charge in [0.25, 0.3) is 0 Å². The van der Waals surface area contributed by atoms with Gasteiger partial charge in [0.2, 0.25) is 0 Å². The highest BCUT2D eigenvalue weighted by Gasteiger charge is 2.10. The molecule has 0 bridgehead atoms. The maximum Gasteiger partial charge on any atom is 0.136 e. The Balaban J connectivity index is 1.81. The second kappa shape index (κ2) is 6.68. The predicted molar refractivity (Wildman–Crippen MR) is 85.4 cm³/mol. The molecular formula is C17H20N4O. The molecule has 0 saturated carbocycles. The van der Waals surface area contributed by atoms with Gasteiger partial charge >= 0.3 is 0 Å². The molecular weight excluding hydrogens is 276 g/mol. The van der Waals surface area contributed by atoms with Crippen LogP contribution in [0.25, 0.3) is 5.65 Å². The van der Waals surface area contributed by atoms with Crippen LogP contribution in [-0.2, 0) is 13.1 Å². The first kappa shape index (κ1) is 14.7. The van der Waals surface area contributed by atoms with E-state index in [1.54, 1.807) is 6.20 Å². The number of nitrogens with zero attached hydrogens (tertiary/aromatic N) is 4. The van der Waals surface area contributed by atoms with Crippen molar-refractivity contribution in [3.05, 3.63) is 65.9 Å². The molecule has 0 radical (unpaired) electrons. The van der Waals surface area contributed by atoms with Crippen LogP contribution >= 0.6 is 0 Å². The number of aromatic nitrogens is 3. The van der Waals surface area contributed by atoms with Gasteiger partial charge in [-0.15, -0.1) is 0 Å². The minimum atomic E-state index is 0.135. The second-order valence-corrected chi connectivity index (χ2v) is 5.48. The Morgan fingerprint density at radius 2 is 2.09 bits per heavy atom. The molecule has 0 aliphatic heterocycles. The van der Waals surface area contributed by atoms with Crippen LogP contribution in [0.5, 0.6) is 0 Å². The standard InChI is InChI=1S/C17H20N4O/c1-14-4-5-17-19-10-16(21(17)11-14)13-20(7-8-22)12-15-3-2-6-18-9-15/h2-6,9-11,22H,7-8,12-13H2,1H3. The van der Waals surface area contributed by atoms with Crippen LogP contribution in [0.2, 0.25) is 0 Å². The van der Waals surface area contributed by atoms with E-state index in [1.165, 1.54) is 5.56 Å². The molecule has 5 nitrogen and oxygen atoms in total. The molecule has 3 heterocycles. The van der Waals surface area contributed by atoms with E-state index in [2.05, 4.69) is 44.5 Å². The summed E-state index contributed by atoms with van der Waals surface area (Å²) in [5.41, 5.74) is 4.41. The summed E-state index contributed by atoms with van der Waals surface area (Å²) < 4.78 is 2.11. The number of fused-ring (bicyclic) bond motifs is 1. The highest BCUT2D eigenvalue weighted by Crippen LogP contribution is 2.13. The van der Waals surface area contributed by atoms with Crippen LogP contribution in [0, 0.1) is 6.92 Å². The fourth-order valence-electron chi connectivity index (χ4n) is 2.59. The molecule has 0 atom stereocenters. The number of pyridine rings is 2. The van der Waals surface area contributed by atoms with Crippen LogP contribution in [0.1, 0.15) is 16.8 Å². The summed E-state index contributed by atoms with van der Waals surface area (Å²) >= 11 is 0. The van der Waals surface area contributed by atoms with Crippen LogP contribution in [-0.4, -0.2) is 37.5 Å². The fraction of sp³-hybridized carbons (Fsp3) is 0.294. The first-order chi connectivity index (χ1) is 10.8. The average molecular weight is 296 g/mol. The molecule has 5 heteroatoms. The topological polar surface area (TPSA) is 53.7 Å². The summed E-state index contributed by atoms with van der Waals surface area (Å²) in [5.74, 6) is 0. The predicted octanol–water partition coefficient (Wildman–Crippen LogP) is 2.03. The number of imidazole rings is 1. The van der Waals surface area contributed by atoms with Crippen molar-refractivity contribution in [2.45, 2.75) is 20.0 Å². The molecule has 3 rings (SSSR count). The van der Waals surface area contributed by atoms with Gasteiger partial charge in [0.15, 0.2) is 0 Å². The Labute approximate surface area is 129 Å². The fourth-order valence-corrected chi connectivity index (χ4v) is 2.59. The molecule has 114 valence electrons. The third-order valence-electron chi connectivity index (χ3n) is 3.66. The highest BCUT2D eigenvalue weighted by molar-refractivity contribution is 5.41. The largest absolute Gasteiger partial charge is 0.395 e. The zero-order valence-corrected chi connectivity index (χ0v) is 12.7. The van der Waals surface area contributed by atoms with Crippen molar-refractivity contribution in [1.82, 2.24) is 19.3 Å². The van der Waals surface area contributed by atoms with Gasteiger partial charge in [-0.3, -0.25) is 9.88 Å².